The van der Waals surface area contributed by atoms with Crippen LogP contribution in [0.4, 0.5) is 0 Å². The highest BCUT2D eigenvalue weighted by Crippen LogP contribution is 2.28. The summed E-state index contributed by atoms with van der Waals surface area (Å²) in [6.07, 6.45) is 0. The Morgan fingerprint density at radius 2 is 1.02 bits per heavy atom. The number of benzene rings is 4. The van der Waals surface area contributed by atoms with Gasteiger partial charge in [0.25, 0.3) is 0 Å². The summed E-state index contributed by atoms with van der Waals surface area (Å²) in [6.45, 7) is 7.34. The van der Waals surface area contributed by atoms with Crippen molar-refractivity contribution in [2.45, 2.75) is 61.4 Å². The molecule has 0 saturated heterocycles. The second-order valence-electron chi connectivity index (χ2n) is 12.0. The zero-order valence-corrected chi connectivity index (χ0v) is 29.5. The van der Waals surface area contributed by atoms with E-state index in [-0.39, 0.29) is 22.9 Å². The van der Waals surface area contributed by atoms with Crippen molar-refractivity contribution in [3.05, 3.63) is 119 Å². The third kappa shape index (κ3) is 9.66. The van der Waals surface area contributed by atoms with Gasteiger partial charge in [-0.1, -0.05) is 48.5 Å². The van der Waals surface area contributed by atoms with Gasteiger partial charge in [0.15, 0.2) is 0 Å². The first-order chi connectivity index (χ1) is 22.5. The predicted molar refractivity (Wildman–Crippen MR) is 184 cm³/mol. The number of methoxy groups -OCH3 is 2. The van der Waals surface area contributed by atoms with Crippen LogP contribution in [0.3, 0.4) is 0 Å². The van der Waals surface area contributed by atoms with Crippen molar-refractivity contribution in [2.75, 3.05) is 14.2 Å². The number of ether oxygens (including phenoxy) is 2. The molecular weight excluding hydrogens is 649 g/mol. The van der Waals surface area contributed by atoms with Crippen LogP contribution in [-0.2, 0) is 44.0 Å². The highest BCUT2D eigenvalue weighted by molar-refractivity contribution is 7.89. The third-order valence-corrected chi connectivity index (χ3v) is 10.4. The Labute approximate surface area is 284 Å². The topological polar surface area (TPSA) is 164 Å². The van der Waals surface area contributed by atoms with Gasteiger partial charge in [-0.05, 0) is 98.5 Å². The van der Waals surface area contributed by atoms with Crippen LogP contribution in [0.25, 0.3) is 0 Å². The minimum absolute atomic E-state index is 0.0309. The maximum Gasteiger partial charge on any atom is 0.243 e. The molecule has 2 N–H and O–H groups in total. The number of nitrogens with zero attached hydrogens (tertiary/aromatic N) is 3. The average molecular weight is 689 g/mol. The molecule has 10 nitrogen and oxygen atoms in total. The standard InChI is InChI=1S/C26H28N2O4S.C10H12N2O2S/c1-26(2,19-27)22-6-5-7-25(16-22)33(29,30)28(17-20-8-12-23(31-3)13-9-20)18-21-10-14-24(32-4)15-11-21;1-10(2,7-11)8-4-3-5-9(6-8)15(12,13)14/h5-16H,17-18H2,1-4H3;3-6H,1-2H3,(H2,12,13,14). The molecule has 0 heterocycles. The zero-order chi connectivity index (χ0) is 35.8. The summed E-state index contributed by atoms with van der Waals surface area (Å²) in [5.74, 6) is 1.41. The van der Waals surface area contributed by atoms with E-state index < -0.39 is 30.9 Å². The molecule has 0 atom stereocenters. The highest BCUT2D eigenvalue weighted by atomic mass is 32.2. The largest absolute Gasteiger partial charge is 0.497 e. The first-order valence-electron chi connectivity index (χ1n) is 14.8. The second kappa shape index (κ2) is 15.5. The maximum absolute atomic E-state index is 13.7. The molecule has 0 saturated carbocycles. The van der Waals surface area contributed by atoms with Crippen LogP contribution in [0, 0.1) is 22.7 Å². The average Bonchev–Trinajstić information content (AvgIpc) is 3.08. The predicted octanol–water partition coefficient (Wildman–Crippen LogP) is 6.03. The Kier molecular flexibility index (Phi) is 12.1. The summed E-state index contributed by atoms with van der Waals surface area (Å²) in [5, 5.41) is 23.4. The molecule has 0 aliphatic carbocycles. The van der Waals surface area contributed by atoms with Crippen molar-refractivity contribution in [1.82, 2.24) is 4.31 Å². The highest BCUT2D eigenvalue weighted by Gasteiger charge is 2.28. The van der Waals surface area contributed by atoms with Gasteiger partial charge in [-0.25, -0.2) is 22.0 Å². The fourth-order valence-corrected chi connectivity index (χ4v) is 6.50. The van der Waals surface area contributed by atoms with Gasteiger partial charge in [0, 0.05) is 13.1 Å². The Morgan fingerprint density at radius 3 is 1.38 bits per heavy atom. The zero-order valence-electron chi connectivity index (χ0n) is 27.8. The molecule has 48 heavy (non-hydrogen) atoms. The van der Waals surface area contributed by atoms with E-state index in [4.69, 9.17) is 19.9 Å². The molecule has 252 valence electrons. The summed E-state index contributed by atoms with van der Waals surface area (Å²) >= 11 is 0. The van der Waals surface area contributed by atoms with Gasteiger partial charge in [0.1, 0.15) is 11.5 Å². The summed E-state index contributed by atoms with van der Waals surface area (Å²) in [6, 6.07) is 31.7. The molecule has 0 aliphatic heterocycles. The summed E-state index contributed by atoms with van der Waals surface area (Å²) in [5.41, 5.74) is 1.43. The van der Waals surface area contributed by atoms with E-state index in [1.165, 1.54) is 16.4 Å². The van der Waals surface area contributed by atoms with Crippen molar-refractivity contribution in [3.8, 4) is 23.6 Å². The van der Waals surface area contributed by atoms with Crippen LogP contribution >= 0.6 is 0 Å². The molecule has 4 aromatic carbocycles. The van der Waals surface area contributed by atoms with Crippen molar-refractivity contribution in [2.24, 2.45) is 5.14 Å². The molecule has 0 bridgehead atoms. The second-order valence-corrected chi connectivity index (χ2v) is 15.5. The number of nitriles is 2. The lowest BCUT2D eigenvalue weighted by atomic mass is 9.86. The number of hydrogen-bond acceptors (Lipinski definition) is 8. The van der Waals surface area contributed by atoms with E-state index in [2.05, 4.69) is 12.1 Å². The first kappa shape index (κ1) is 37.7. The van der Waals surface area contributed by atoms with Gasteiger partial charge in [0.05, 0.1) is 47.0 Å². The van der Waals surface area contributed by atoms with Gasteiger partial charge < -0.3 is 9.47 Å². The minimum atomic E-state index is -3.86. The Hall–Kier alpha value is -4.72. The van der Waals surface area contributed by atoms with E-state index in [1.54, 1.807) is 78.3 Å². The molecule has 12 heteroatoms. The third-order valence-electron chi connectivity index (χ3n) is 7.67. The van der Waals surface area contributed by atoms with Gasteiger partial charge in [-0.15, -0.1) is 0 Å². The van der Waals surface area contributed by atoms with Crippen molar-refractivity contribution < 1.29 is 26.3 Å². The van der Waals surface area contributed by atoms with Crippen molar-refractivity contribution in [3.63, 3.8) is 0 Å². The van der Waals surface area contributed by atoms with E-state index in [0.717, 1.165) is 11.1 Å². The van der Waals surface area contributed by atoms with E-state index in [1.807, 2.05) is 48.5 Å². The van der Waals surface area contributed by atoms with Crippen LogP contribution in [-0.4, -0.2) is 35.4 Å². The lowest BCUT2D eigenvalue weighted by molar-refractivity contribution is 0.397. The summed E-state index contributed by atoms with van der Waals surface area (Å²) in [4.78, 5) is 0.189. The molecule has 4 rings (SSSR count). The molecule has 0 amide bonds. The normalized spacial score (nSPS) is 11.9. The fraction of sp³-hybridized carbons (Fsp3) is 0.278. The monoisotopic (exact) mass is 688 g/mol. The lowest BCUT2D eigenvalue weighted by Gasteiger charge is -2.24. The number of primary sulfonamides is 1. The molecule has 0 aromatic heterocycles. The Balaban J connectivity index is 0.000000348. The number of hydrogen-bond donors (Lipinski definition) is 1. The summed E-state index contributed by atoms with van der Waals surface area (Å²) in [7, 11) is -4.38. The molecule has 0 spiro atoms. The van der Waals surface area contributed by atoms with Crippen LogP contribution < -0.4 is 14.6 Å². The first-order valence-corrected chi connectivity index (χ1v) is 17.8. The number of rotatable bonds is 11. The number of sulfonamides is 2. The van der Waals surface area contributed by atoms with Gasteiger partial charge in [-0.3, -0.25) is 0 Å². The molecule has 0 radical (unpaired) electrons. The van der Waals surface area contributed by atoms with E-state index in [9.17, 15) is 22.1 Å². The minimum Gasteiger partial charge on any atom is -0.497 e. The quantitative estimate of drug-likeness (QED) is 0.200. The van der Waals surface area contributed by atoms with Gasteiger partial charge in [0.2, 0.25) is 20.0 Å². The molecule has 0 unspecified atom stereocenters. The van der Waals surface area contributed by atoms with Crippen LogP contribution in [0.2, 0.25) is 0 Å². The number of nitrogens with two attached hydrogens (primary N) is 1. The van der Waals surface area contributed by atoms with Crippen LogP contribution in [0.15, 0.2) is 107 Å². The van der Waals surface area contributed by atoms with Crippen LogP contribution in [0.1, 0.15) is 49.9 Å². The van der Waals surface area contributed by atoms with E-state index >= 15 is 0 Å². The summed E-state index contributed by atoms with van der Waals surface area (Å²) < 4.78 is 61.6. The Morgan fingerprint density at radius 1 is 0.646 bits per heavy atom. The smallest absolute Gasteiger partial charge is 0.243 e. The van der Waals surface area contributed by atoms with Crippen molar-refractivity contribution >= 4 is 20.0 Å². The van der Waals surface area contributed by atoms with Gasteiger partial charge in [-0.2, -0.15) is 14.8 Å². The maximum atomic E-state index is 13.7. The Bertz CT molecular complexity index is 1960. The molecule has 4 aromatic rings. The van der Waals surface area contributed by atoms with Crippen LogP contribution in [0.5, 0.6) is 11.5 Å². The SMILES string of the molecule is CC(C)(C#N)c1cccc(S(N)(=O)=O)c1.COc1ccc(CN(Cc2ccc(OC)cc2)S(=O)(=O)c2cccc(C(C)(C)C#N)c2)cc1. The van der Waals surface area contributed by atoms with Gasteiger partial charge >= 0.3 is 0 Å². The van der Waals surface area contributed by atoms with E-state index in [0.29, 0.717) is 22.6 Å². The molecule has 0 fully saturated rings. The molecule has 0 aliphatic rings. The molecular formula is C36H40N4O6S2. The lowest BCUT2D eigenvalue weighted by Crippen LogP contribution is -2.30. The van der Waals surface area contributed by atoms with Crippen molar-refractivity contribution in [1.29, 1.82) is 10.5 Å². The fourth-order valence-electron chi connectivity index (χ4n) is 4.48.